The summed E-state index contributed by atoms with van der Waals surface area (Å²) < 4.78 is 32.8. The predicted molar refractivity (Wildman–Crippen MR) is 125 cm³/mol. The molecule has 0 fully saturated rings. The lowest BCUT2D eigenvalue weighted by Crippen LogP contribution is -2.38. The van der Waals surface area contributed by atoms with Crippen LogP contribution in [0.4, 0.5) is 19.3 Å². The molecule has 0 aliphatic heterocycles. The summed E-state index contributed by atoms with van der Waals surface area (Å²) in [6, 6.07) is 19.4. The maximum Gasteiger partial charge on any atom is 0.322 e. The third-order valence-electron chi connectivity index (χ3n) is 5.53. The number of halogens is 2. The van der Waals surface area contributed by atoms with Crippen molar-refractivity contribution in [2.75, 3.05) is 11.9 Å². The Kier molecular flexibility index (Phi) is 6.96. The molecule has 0 aliphatic rings. The van der Waals surface area contributed by atoms with E-state index >= 15 is 0 Å². The van der Waals surface area contributed by atoms with Gasteiger partial charge in [0.2, 0.25) is 11.7 Å². The van der Waals surface area contributed by atoms with Crippen LogP contribution in [0.5, 0.6) is 0 Å². The van der Waals surface area contributed by atoms with Crippen molar-refractivity contribution in [3.8, 4) is 11.4 Å². The summed E-state index contributed by atoms with van der Waals surface area (Å²) in [5.74, 6) is -0.719. The normalized spacial score (nSPS) is 11.8. The number of nitrogens with zero attached hydrogens (tertiary/aromatic N) is 3. The highest BCUT2D eigenvalue weighted by molar-refractivity contribution is 5.89. The molecule has 0 bridgehead atoms. The van der Waals surface area contributed by atoms with Crippen LogP contribution in [0.25, 0.3) is 11.4 Å². The second-order valence-electron chi connectivity index (χ2n) is 7.96. The quantitative estimate of drug-likeness (QED) is 0.357. The van der Waals surface area contributed by atoms with E-state index < -0.39 is 17.7 Å². The standard InChI is InChI=1S/C26H24F2N4O2/c1-17-8-10-20(11-9-17)25-30-24(34-31-25)14-15-32(18(2)19-6-4-3-5-7-19)26(33)29-23-13-12-21(27)16-22(23)28/h3-13,16,18H,14-15H2,1-2H3,(H,29,33)/t18-/m0/s1. The number of hydrogen-bond acceptors (Lipinski definition) is 4. The molecule has 6 nitrogen and oxygen atoms in total. The van der Waals surface area contributed by atoms with Gasteiger partial charge in [0.1, 0.15) is 11.6 Å². The zero-order valence-electron chi connectivity index (χ0n) is 18.8. The van der Waals surface area contributed by atoms with Gasteiger partial charge in [0.05, 0.1) is 11.7 Å². The number of aryl methyl sites for hydroxylation is 1. The van der Waals surface area contributed by atoms with Gasteiger partial charge in [-0.3, -0.25) is 0 Å². The van der Waals surface area contributed by atoms with Gasteiger partial charge < -0.3 is 14.7 Å². The van der Waals surface area contributed by atoms with Gasteiger partial charge in [-0.25, -0.2) is 13.6 Å². The van der Waals surface area contributed by atoms with Crippen LogP contribution in [0.2, 0.25) is 0 Å². The summed E-state index contributed by atoms with van der Waals surface area (Å²) in [6.07, 6.45) is 0.301. The summed E-state index contributed by atoms with van der Waals surface area (Å²) >= 11 is 0. The zero-order chi connectivity index (χ0) is 24.1. The predicted octanol–water partition coefficient (Wildman–Crippen LogP) is 6.16. The highest BCUT2D eigenvalue weighted by Gasteiger charge is 2.23. The van der Waals surface area contributed by atoms with Gasteiger partial charge in [-0.15, -0.1) is 0 Å². The molecular formula is C26H24F2N4O2. The first-order valence-electron chi connectivity index (χ1n) is 10.9. The molecule has 174 valence electrons. The molecule has 4 aromatic rings. The van der Waals surface area contributed by atoms with Gasteiger partial charge in [-0.05, 0) is 31.5 Å². The Balaban J connectivity index is 1.52. The van der Waals surface area contributed by atoms with Crippen LogP contribution in [0.3, 0.4) is 0 Å². The Morgan fingerprint density at radius 3 is 2.50 bits per heavy atom. The first-order valence-corrected chi connectivity index (χ1v) is 10.9. The molecule has 1 atom stereocenters. The van der Waals surface area contributed by atoms with Crippen molar-refractivity contribution in [3.05, 3.63) is 101 Å². The molecule has 0 saturated heterocycles. The average Bonchev–Trinajstić information content (AvgIpc) is 3.31. The van der Waals surface area contributed by atoms with Gasteiger partial charge >= 0.3 is 6.03 Å². The molecule has 0 saturated carbocycles. The molecule has 1 aromatic heterocycles. The molecule has 0 spiro atoms. The largest absolute Gasteiger partial charge is 0.339 e. The fourth-order valence-corrected chi connectivity index (χ4v) is 3.55. The summed E-state index contributed by atoms with van der Waals surface area (Å²) in [6.45, 7) is 4.11. The number of hydrogen-bond donors (Lipinski definition) is 1. The number of aromatic nitrogens is 2. The minimum Gasteiger partial charge on any atom is -0.339 e. The maximum atomic E-state index is 14.1. The van der Waals surface area contributed by atoms with E-state index in [-0.39, 0.29) is 18.3 Å². The van der Waals surface area contributed by atoms with E-state index in [4.69, 9.17) is 4.52 Å². The first kappa shape index (κ1) is 23.1. The lowest BCUT2D eigenvalue weighted by Gasteiger charge is -2.29. The SMILES string of the molecule is Cc1ccc(-c2noc(CCN(C(=O)Nc3ccc(F)cc3F)[C@@H](C)c3ccccc3)n2)cc1. The maximum absolute atomic E-state index is 14.1. The van der Waals surface area contributed by atoms with Gasteiger partial charge in [0.25, 0.3) is 0 Å². The van der Waals surface area contributed by atoms with Crippen LogP contribution < -0.4 is 5.32 Å². The number of nitrogens with one attached hydrogen (secondary N) is 1. The van der Waals surface area contributed by atoms with Crippen molar-refractivity contribution in [2.45, 2.75) is 26.3 Å². The highest BCUT2D eigenvalue weighted by Crippen LogP contribution is 2.23. The van der Waals surface area contributed by atoms with Crippen molar-refractivity contribution < 1.29 is 18.1 Å². The van der Waals surface area contributed by atoms with Crippen molar-refractivity contribution in [3.63, 3.8) is 0 Å². The van der Waals surface area contributed by atoms with E-state index in [0.717, 1.165) is 28.8 Å². The smallest absolute Gasteiger partial charge is 0.322 e. The number of anilines is 1. The van der Waals surface area contributed by atoms with Crippen molar-refractivity contribution >= 4 is 11.7 Å². The van der Waals surface area contributed by atoms with Crippen LogP contribution in [-0.4, -0.2) is 27.6 Å². The third-order valence-corrected chi connectivity index (χ3v) is 5.53. The van der Waals surface area contributed by atoms with E-state index in [0.29, 0.717) is 18.1 Å². The van der Waals surface area contributed by atoms with Crippen LogP contribution in [0.1, 0.15) is 30.0 Å². The Labute approximate surface area is 196 Å². The van der Waals surface area contributed by atoms with Crippen molar-refractivity contribution in [2.24, 2.45) is 0 Å². The lowest BCUT2D eigenvalue weighted by atomic mass is 10.1. The number of carbonyl (C=O) groups is 1. The number of rotatable bonds is 7. The molecule has 1 N–H and O–H groups in total. The van der Waals surface area contributed by atoms with Crippen LogP contribution in [0, 0.1) is 18.6 Å². The molecular weight excluding hydrogens is 438 g/mol. The molecule has 0 radical (unpaired) electrons. The highest BCUT2D eigenvalue weighted by atomic mass is 19.1. The second-order valence-corrected chi connectivity index (χ2v) is 7.96. The fourth-order valence-electron chi connectivity index (χ4n) is 3.55. The molecule has 4 rings (SSSR count). The molecule has 34 heavy (non-hydrogen) atoms. The summed E-state index contributed by atoms with van der Waals surface area (Å²) in [5, 5.41) is 6.58. The number of urea groups is 1. The van der Waals surface area contributed by atoms with Crippen molar-refractivity contribution in [1.29, 1.82) is 0 Å². The molecule has 3 aromatic carbocycles. The van der Waals surface area contributed by atoms with E-state index in [9.17, 15) is 13.6 Å². The Hall–Kier alpha value is -4.07. The van der Waals surface area contributed by atoms with Crippen LogP contribution >= 0.6 is 0 Å². The molecule has 1 heterocycles. The van der Waals surface area contributed by atoms with Crippen LogP contribution in [0.15, 0.2) is 77.3 Å². The zero-order valence-corrected chi connectivity index (χ0v) is 18.8. The molecule has 0 unspecified atom stereocenters. The van der Waals surface area contributed by atoms with Gasteiger partial charge in [-0.2, -0.15) is 4.98 Å². The molecule has 2 amide bonds. The van der Waals surface area contributed by atoms with Crippen LogP contribution in [-0.2, 0) is 6.42 Å². The van der Waals surface area contributed by atoms with E-state index in [1.165, 1.54) is 6.07 Å². The van der Waals surface area contributed by atoms with Crippen molar-refractivity contribution in [1.82, 2.24) is 15.0 Å². The Morgan fingerprint density at radius 1 is 1.06 bits per heavy atom. The first-order chi connectivity index (χ1) is 16.4. The minimum absolute atomic E-state index is 0.101. The van der Waals surface area contributed by atoms with Gasteiger partial charge in [-0.1, -0.05) is 65.3 Å². The third kappa shape index (κ3) is 5.46. The minimum atomic E-state index is -0.847. The lowest BCUT2D eigenvalue weighted by molar-refractivity contribution is 0.191. The number of carbonyl (C=O) groups excluding carboxylic acids is 1. The van der Waals surface area contributed by atoms with E-state index in [1.807, 2.05) is 68.4 Å². The Morgan fingerprint density at radius 2 is 1.79 bits per heavy atom. The molecule has 8 heteroatoms. The van der Waals surface area contributed by atoms with E-state index in [2.05, 4.69) is 15.5 Å². The van der Waals surface area contributed by atoms with Gasteiger partial charge in [0, 0.05) is 24.6 Å². The summed E-state index contributed by atoms with van der Waals surface area (Å²) in [5.41, 5.74) is 2.76. The summed E-state index contributed by atoms with van der Waals surface area (Å²) in [4.78, 5) is 19.1. The number of benzene rings is 3. The topological polar surface area (TPSA) is 71.3 Å². The number of amides is 2. The fraction of sp³-hybridized carbons (Fsp3) is 0.192. The van der Waals surface area contributed by atoms with E-state index in [1.54, 1.807) is 4.90 Å². The average molecular weight is 463 g/mol. The van der Waals surface area contributed by atoms with Gasteiger partial charge in [0.15, 0.2) is 0 Å². The Bertz CT molecular complexity index is 1260. The molecule has 0 aliphatic carbocycles. The summed E-state index contributed by atoms with van der Waals surface area (Å²) in [7, 11) is 0. The monoisotopic (exact) mass is 462 g/mol. The second kappa shape index (κ2) is 10.2.